The minimum atomic E-state index is -1.96. The van der Waals surface area contributed by atoms with Crippen molar-refractivity contribution in [3.8, 4) is 0 Å². The lowest BCUT2D eigenvalue weighted by Gasteiger charge is -2.43. The second-order valence-corrected chi connectivity index (χ2v) is 6.77. The van der Waals surface area contributed by atoms with Gasteiger partial charge in [-0.3, -0.25) is 4.90 Å². The van der Waals surface area contributed by atoms with Crippen LogP contribution in [0.25, 0.3) is 0 Å². The van der Waals surface area contributed by atoms with Crippen LogP contribution in [0, 0.1) is 0 Å². The van der Waals surface area contributed by atoms with E-state index in [1.165, 1.54) is 0 Å². The second-order valence-electron chi connectivity index (χ2n) is 6.77. The van der Waals surface area contributed by atoms with Crippen LogP contribution in [0.5, 0.6) is 0 Å². The van der Waals surface area contributed by atoms with Gasteiger partial charge in [-0.1, -0.05) is 60.7 Å². The van der Waals surface area contributed by atoms with Gasteiger partial charge in [-0.15, -0.1) is 0 Å². The maximum Gasteiger partial charge on any atom is 0.207 e. The second kappa shape index (κ2) is 8.26. The largest absolute Gasteiger partial charge is 0.388 e. The summed E-state index contributed by atoms with van der Waals surface area (Å²) in [5.41, 5.74) is 2.11. The molecule has 0 radical (unpaired) electrons. The molecule has 6 heteroatoms. The normalized spacial score (nSPS) is 29.0. The third-order valence-electron chi connectivity index (χ3n) is 4.63. The number of nitrogens with zero attached hydrogens (tertiary/aromatic N) is 1. The molecule has 0 bridgehead atoms. The Morgan fingerprint density at radius 3 is 1.88 bits per heavy atom. The van der Waals surface area contributed by atoms with Crippen LogP contribution in [0.4, 0.5) is 0 Å². The highest BCUT2D eigenvalue weighted by molar-refractivity contribution is 5.17. The lowest BCUT2D eigenvalue weighted by molar-refractivity contribution is -0.325. The molecular formula is C20H25NO5. The third-order valence-corrected chi connectivity index (χ3v) is 4.63. The van der Waals surface area contributed by atoms with Crippen molar-refractivity contribution in [2.45, 2.75) is 37.2 Å². The molecule has 26 heavy (non-hydrogen) atoms. The van der Waals surface area contributed by atoms with Crippen LogP contribution in [-0.4, -0.2) is 62.6 Å². The highest BCUT2D eigenvalue weighted by Crippen LogP contribution is 2.26. The number of aliphatic hydroxyl groups is 4. The molecule has 1 fully saturated rings. The molecule has 0 aliphatic carbocycles. The van der Waals surface area contributed by atoms with E-state index in [1.807, 2.05) is 65.6 Å². The number of ether oxygens (including phenoxy) is 1. The SMILES string of the molecule is O[C@H]1[C@H](O)CO[C@](O)(CN(Cc2ccccc2)Cc2ccccc2)[C@@H]1O. The monoisotopic (exact) mass is 359 g/mol. The molecule has 0 saturated carbocycles. The Balaban J connectivity index is 1.78. The predicted octanol–water partition coefficient (Wildman–Crippen LogP) is 0.490. The summed E-state index contributed by atoms with van der Waals surface area (Å²) in [6, 6.07) is 19.6. The molecule has 0 spiro atoms. The molecule has 2 aromatic rings. The van der Waals surface area contributed by atoms with Gasteiger partial charge in [-0.05, 0) is 11.1 Å². The molecule has 0 unspecified atom stereocenters. The van der Waals surface area contributed by atoms with Crippen LogP contribution >= 0.6 is 0 Å². The van der Waals surface area contributed by atoms with Crippen molar-refractivity contribution >= 4 is 0 Å². The zero-order chi connectivity index (χ0) is 18.6. The fourth-order valence-corrected chi connectivity index (χ4v) is 3.20. The summed E-state index contributed by atoms with van der Waals surface area (Å²) in [6.07, 6.45) is -4.27. The van der Waals surface area contributed by atoms with E-state index in [1.54, 1.807) is 0 Å². The van der Waals surface area contributed by atoms with Crippen molar-refractivity contribution in [1.29, 1.82) is 0 Å². The van der Waals surface area contributed by atoms with Gasteiger partial charge in [0.2, 0.25) is 5.79 Å². The quantitative estimate of drug-likeness (QED) is 0.600. The molecule has 0 amide bonds. The lowest BCUT2D eigenvalue weighted by Crippen LogP contribution is -2.64. The molecule has 4 N–H and O–H groups in total. The summed E-state index contributed by atoms with van der Waals surface area (Å²) >= 11 is 0. The minimum absolute atomic E-state index is 0.0122. The Hall–Kier alpha value is -1.80. The van der Waals surface area contributed by atoms with Gasteiger partial charge in [0, 0.05) is 13.1 Å². The summed E-state index contributed by atoms with van der Waals surface area (Å²) in [5, 5.41) is 40.5. The summed E-state index contributed by atoms with van der Waals surface area (Å²) in [6.45, 7) is 0.820. The Bertz CT molecular complexity index is 642. The van der Waals surface area contributed by atoms with Crippen molar-refractivity contribution in [3.63, 3.8) is 0 Å². The van der Waals surface area contributed by atoms with Gasteiger partial charge in [0.1, 0.15) is 18.3 Å². The van der Waals surface area contributed by atoms with Gasteiger partial charge in [0.25, 0.3) is 0 Å². The van der Waals surface area contributed by atoms with Crippen LogP contribution in [-0.2, 0) is 17.8 Å². The van der Waals surface area contributed by atoms with Crippen LogP contribution in [0.2, 0.25) is 0 Å². The molecule has 6 nitrogen and oxygen atoms in total. The fraction of sp³-hybridized carbons (Fsp3) is 0.400. The zero-order valence-electron chi connectivity index (χ0n) is 14.5. The molecule has 1 aliphatic rings. The van der Waals surface area contributed by atoms with E-state index in [0.29, 0.717) is 13.1 Å². The van der Waals surface area contributed by atoms with Crippen molar-refractivity contribution < 1.29 is 25.2 Å². The van der Waals surface area contributed by atoms with Gasteiger partial charge >= 0.3 is 0 Å². The predicted molar refractivity (Wildman–Crippen MR) is 95.9 cm³/mol. The average Bonchev–Trinajstić information content (AvgIpc) is 2.65. The molecule has 1 saturated heterocycles. The molecule has 2 aromatic carbocycles. The molecule has 1 aliphatic heterocycles. The van der Waals surface area contributed by atoms with E-state index in [4.69, 9.17) is 4.74 Å². The van der Waals surface area contributed by atoms with Gasteiger partial charge in [-0.2, -0.15) is 0 Å². The van der Waals surface area contributed by atoms with E-state index in [2.05, 4.69) is 0 Å². The summed E-state index contributed by atoms with van der Waals surface area (Å²) in [4.78, 5) is 1.94. The molecule has 0 aromatic heterocycles. The van der Waals surface area contributed by atoms with Gasteiger partial charge in [0.15, 0.2) is 0 Å². The molecular weight excluding hydrogens is 334 g/mol. The van der Waals surface area contributed by atoms with E-state index in [0.717, 1.165) is 11.1 Å². The maximum absolute atomic E-state index is 10.8. The fourth-order valence-electron chi connectivity index (χ4n) is 3.20. The van der Waals surface area contributed by atoms with E-state index >= 15 is 0 Å². The highest BCUT2D eigenvalue weighted by Gasteiger charge is 2.49. The van der Waals surface area contributed by atoms with Crippen molar-refractivity contribution in [2.24, 2.45) is 0 Å². The summed E-state index contributed by atoms with van der Waals surface area (Å²) in [7, 11) is 0. The smallest absolute Gasteiger partial charge is 0.207 e. The van der Waals surface area contributed by atoms with Crippen LogP contribution < -0.4 is 0 Å². The number of benzene rings is 2. The van der Waals surface area contributed by atoms with Gasteiger partial charge < -0.3 is 25.2 Å². The standard InChI is InChI=1S/C20H25NO5/c22-17-13-26-20(25,19(24)18(17)23)14-21(11-15-7-3-1-4-8-15)12-16-9-5-2-6-10-16/h1-10,17-19,22-25H,11-14H2/t17-,18+,19-,20-/m1/s1. The van der Waals surface area contributed by atoms with Crippen LogP contribution in [0.15, 0.2) is 60.7 Å². The van der Waals surface area contributed by atoms with Crippen LogP contribution in [0.3, 0.4) is 0 Å². The first-order valence-electron chi connectivity index (χ1n) is 8.69. The van der Waals surface area contributed by atoms with E-state index < -0.39 is 24.1 Å². The topological polar surface area (TPSA) is 93.4 Å². The Kier molecular flexibility index (Phi) is 6.03. The first-order chi connectivity index (χ1) is 12.5. The number of rotatable bonds is 6. The summed E-state index contributed by atoms with van der Waals surface area (Å²) in [5.74, 6) is -1.96. The molecule has 4 atom stereocenters. The molecule has 3 rings (SSSR count). The zero-order valence-corrected chi connectivity index (χ0v) is 14.5. The first-order valence-corrected chi connectivity index (χ1v) is 8.69. The van der Waals surface area contributed by atoms with Crippen molar-refractivity contribution in [2.75, 3.05) is 13.2 Å². The van der Waals surface area contributed by atoms with Crippen molar-refractivity contribution in [1.82, 2.24) is 4.90 Å². The highest BCUT2D eigenvalue weighted by atomic mass is 16.6. The summed E-state index contributed by atoms with van der Waals surface area (Å²) < 4.78 is 5.32. The number of hydrogen-bond acceptors (Lipinski definition) is 6. The minimum Gasteiger partial charge on any atom is -0.388 e. The number of hydrogen-bond donors (Lipinski definition) is 4. The Morgan fingerprint density at radius 2 is 1.38 bits per heavy atom. The third kappa shape index (κ3) is 4.48. The maximum atomic E-state index is 10.8. The Morgan fingerprint density at radius 1 is 0.885 bits per heavy atom. The van der Waals surface area contributed by atoms with Crippen molar-refractivity contribution in [3.05, 3.63) is 71.8 Å². The van der Waals surface area contributed by atoms with E-state index in [-0.39, 0.29) is 13.2 Å². The van der Waals surface area contributed by atoms with Gasteiger partial charge in [0.05, 0.1) is 13.2 Å². The number of aliphatic hydroxyl groups excluding tert-OH is 3. The average molecular weight is 359 g/mol. The van der Waals surface area contributed by atoms with Gasteiger partial charge in [-0.25, -0.2) is 0 Å². The Labute approximate surface area is 152 Å². The van der Waals surface area contributed by atoms with Crippen LogP contribution in [0.1, 0.15) is 11.1 Å². The lowest BCUT2D eigenvalue weighted by atomic mass is 9.96. The first kappa shape index (κ1) is 19.0. The molecule has 140 valence electrons. The van der Waals surface area contributed by atoms with E-state index in [9.17, 15) is 20.4 Å². The molecule has 1 heterocycles.